The molecule has 0 bridgehead atoms. The van der Waals surface area contributed by atoms with Crippen LogP contribution in [0.15, 0.2) is 54.6 Å². The summed E-state index contributed by atoms with van der Waals surface area (Å²) in [6.07, 6.45) is 3.18. The number of likely N-dealkylation sites (tertiary alicyclic amines) is 1. The molecule has 4 rings (SSSR count). The number of rotatable bonds is 9. The Morgan fingerprint density at radius 3 is 2.44 bits per heavy atom. The third kappa shape index (κ3) is 7.05. The molecule has 36 heavy (non-hydrogen) atoms. The Labute approximate surface area is 213 Å². The zero-order valence-corrected chi connectivity index (χ0v) is 21.6. The summed E-state index contributed by atoms with van der Waals surface area (Å²) in [5, 5.41) is 7.75. The van der Waals surface area contributed by atoms with Crippen molar-refractivity contribution < 1.29 is 13.2 Å². The second kappa shape index (κ2) is 11.4. The minimum Gasteiger partial charge on any atom is -0.384 e. The number of carbonyl (C=O) groups excluding carboxylic acids is 1. The number of piperidine rings is 1. The van der Waals surface area contributed by atoms with Crippen molar-refractivity contribution in [2.24, 2.45) is 17.6 Å². The molecule has 2 fully saturated rings. The summed E-state index contributed by atoms with van der Waals surface area (Å²) in [6.45, 7) is 4.74. The molecule has 0 aliphatic carbocycles. The fourth-order valence-electron chi connectivity index (χ4n) is 5.04. The number of amidine groups is 1. The molecule has 194 valence electrons. The van der Waals surface area contributed by atoms with Gasteiger partial charge in [-0.25, -0.2) is 17.9 Å². The Bertz CT molecular complexity index is 1170. The van der Waals surface area contributed by atoms with Crippen molar-refractivity contribution in [2.45, 2.75) is 19.4 Å². The van der Waals surface area contributed by atoms with Gasteiger partial charge in [-0.05, 0) is 49.5 Å². The van der Waals surface area contributed by atoms with Gasteiger partial charge < -0.3 is 10.6 Å². The Morgan fingerprint density at radius 2 is 1.78 bits per heavy atom. The molecule has 2 amide bonds. The summed E-state index contributed by atoms with van der Waals surface area (Å²) in [6, 6.07) is 17.5. The number of amides is 2. The van der Waals surface area contributed by atoms with E-state index >= 15 is 0 Å². The average molecular weight is 513 g/mol. The van der Waals surface area contributed by atoms with Crippen LogP contribution in [0.5, 0.6) is 0 Å². The first-order chi connectivity index (χ1) is 17.2. The molecule has 2 aliphatic heterocycles. The van der Waals surface area contributed by atoms with Crippen LogP contribution in [-0.2, 0) is 16.6 Å². The quantitative estimate of drug-likeness (QED) is 0.351. The van der Waals surface area contributed by atoms with Crippen molar-refractivity contribution in [3.05, 3.63) is 65.7 Å². The van der Waals surface area contributed by atoms with Gasteiger partial charge >= 0.3 is 6.03 Å². The van der Waals surface area contributed by atoms with Crippen LogP contribution in [0.25, 0.3) is 0 Å². The second-order valence-electron chi connectivity index (χ2n) is 9.95. The zero-order valence-electron chi connectivity index (χ0n) is 20.8. The molecule has 4 N–H and O–H groups in total. The molecule has 1 unspecified atom stereocenters. The van der Waals surface area contributed by atoms with Crippen LogP contribution < -0.4 is 15.4 Å². The van der Waals surface area contributed by atoms with Gasteiger partial charge in [0.2, 0.25) is 10.0 Å². The van der Waals surface area contributed by atoms with Crippen molar-refractivity contribution in [3.8, 4) is 0 Å². The van der Waals surface area contributed by atoms with Crippen LogP contribution in [0, 0.1) is 17.2 Å². The molecular weight excluding hydrogens is 476 g/mol. The largest absolute Gasteiger partial charge is 0.384 e. The highest BCUT2D eigenvalue weighted by Crippen LogP contribution is 2.27. The maximum atomic E-state index is 13.6. The van der Waals surface area contributed by atoms with Gasteiger partial charge in [-0.2, -0.15) is 0 Å². The minimum atomic E-state index is -3.34. The summed E-state index contributed by atoms with van der Waals surface area (Å²) in [5.74, 6) is 0.278. The van der Waals surface area contributed by atoms with Crippen molar-refractivity contribution >= 4 is 27.6 Å². The van der Waals surface area contributed by atoms with Crippen LogP contribution in [0.3, 0.4) is 0 Å². The first kappa shape index (κ1) is 26.1. The number of urea groups is 1. The smallest absolute Gasteiger partial charge is 0.324 e. The lowest BCUT2D eigenvalue weighted by molar-refractivity contribution is 0.130. The van der Waals surface area contributed by atoms with Gasteiger partial charge in [0.15, 0.2) is 0 Å². The number of nitrogens with two attached hydrogens (primary N) is 1. The molecule has 2 aliphatic rings. The summed E-state index contributed by atoms with van der Waals surface area (Å²) >= 11 is 0. The molecule has 0 saturated carbocycles. The van der Waals surface area contributed by atoms with Gasteiger partial charge in [0.1, 0.15) is 5.84 Å². The summed E-state index contributed by atoms with van der Waals surface area (Å²) in [4.78, 5) is 19.6. The third-order valence-corrected chi connectivity index (χ3v) is 7.65. The van der Waals surface area contributed by atoms with Crippen LogP contribution in [-0.4, -0.2) is 75.6 Å². The Balaban J connectivity index is 1.43. The highest BCUT2D eigenvalue weighted by atomic mass is 32.2. The van der Waals surface area contributed by atoms with Gasteiger partial charge in [0.25, 0.3) is 0 Å². The molecule has 0 spiro atoms. The molecule has 1 atom stereocenters. The number of nitrogens with one attached hydrogen (secondary N) is 2. The first-order valence-electron chi connectivity index (χ1n) is 12.4. The number of benzene rings is 2. The topological polar surface area (TPSA) is 123 Å². The van der Waals surface area contributed by atoms with Crippen LogP contribution in [0.2, 0.25) is 0 Å². The maximum Gasteiger partial charge on any atom is 0.324 e. The van der Waals surface area contributed by atoms with E-state index in [-0.39, 0.29) is 24.3 Å². The molecule has 9 nitrogen and oxygen atoms in total. The SMILES string of the molecule is CS(=O)(=O)NCC1CN(CC2CCN(Cc3ccccc3)CC2)C(=O)N(c2cccc(C(=N)N)c2)C1. The molecule has 2 aromatic rings. The van der Waals surface area contributed by atoms with Crippen molar-refractivity contribution in [1.82, 2.24) is 14.5 Å². The third-order valence-electron chi connectivity index (χ3n) is 6.96. The van der Waals surface area contributed by atoms with Crippen LogP contribution >= 0.6 is 0 Å². The van der Waals surface area contributed by atoms with E-state index in [1.807, 2.05) is 17.0 Å². The lowest BCUT2D eigenvalue weighted by Crippen LogP contribution is -2.57. The van der Waals surface area contributed by atoms with Crippen molar-refractivity contribution in [2.75, 3.05) is 50.4 Å². The van der Waals surface area contributed by atoms with E-state index in [1.165, 1.54) is 5.56 Å². The van der Waals surface area contributed by atoms with Gasteiger partial charge in [-0.15, -0.1) is 0 Å². The monoisotopic (exact) mass is 512 g/mol. The number of nitrogens with zero attached hydrogens (tertiary/aromatic N) is 3. The summed E-state index contributed by atoms with van der Waals surface area (Å²) in [5.41, 5.74) is 8.20. The second-order valence-corrected chi connectivity index (χ2v) is 11.8. The number of sulfonamides is 1. The molecule has 0 aromatic heterocycles. The molecule has 10 heteroatoms. The maximum absolute atomic E-state index is 13.6. The molecule has 2 saturated heterocycles. The predicted octanol–water partition coefficient (Wildman–Crippen LogP) is 2.29. The van der Waals surface area contributed by atoms with E-state index in [2.05, 4.69) is 33.9 Å². The number of hydrogen-bond acceptors (Lipinski definition) is 5. The van der Waals surface area contributed by atoms with E-state index in [0.29, 0.717) is 36.8 Å². The Morgan fingerprint density at radius 1 is 1.06 bits per heavy atom. The van der Waals surface area contributed by atoms with Crippen LogP contribution in [0.4, 0.5) is 10.5 Å². The Kier molecular flexibility index (Phi) is 8.28. The number of nitrogen functional groups attached to an aromatic ring is 1. The normalized spacial score (nSPS) is 20.0. The van der Waals surface area contributed by atoms with E-state index < -0.39 is 10.0 Å². The molecular formula is C26H36N6O3S. The van der Waals surface area contributed by atoms with Crippen molar-refractivity contribution in [1.29, 1.82) is 5.41 Å². The lowest BCUT2D eigenvalue weighted by Gasteiger charge is -2.42. The van der Waals surface area contributed by atoms with E-state index in [1.54, 1.807) is 23.1 Å². The van der Waals surface area contributed by atoms with Gasteiger partial charge in [0.05, 0.1) is 6.26 Å². The van der Waals surface area contributed by atoms with Crippen LogP contribution in [0.1, 0.15) is 24.0 Å². The Hall–Kier alpha value is -2.95. The van der Waals surface area contributed by atoms with Crippen molar-refractivity contribution in [3.63, 3.8) is 0 Å². The summed E-state index contributed by atoms with van der Waals surface area (Å²) < 4.78 is 26.1. The minimum absolute atomic E-state index is 0.0587. The number of anilines is 1. The van der Waals surface area contributed by atoms with E-state index in [9.17, 15) is 13.2 Å². The number of hydrogen-bond donors (Lipinski definition) is 3. The molecule has 0 radical (unpaired) electrons. The lowest BCUT2D eigenvalue weighted by atomic mass is 9.94. The molecule has 2 heterocycles. The highest BCUT2D eigenvalue weighted by molar-refractivity contribution is 7.88. The number of carbonyl (C=O) groups is 1. The standard InChI is InChI=1S/C26H36N6O3S/c1-36(34,35)29-15-22-18-31(26(33)32(19-22)24-9-5-8-23(14-24)25(27)28)17-21-10-12-30(13-11-21)16-20-6-3-2-4-7-20/h2-9,14,21-22,29H,10-13,15-19H2,1H3,(H3,27,28). The van der Waals surface area contributed by atoms with Gasteiger partial charge in [-0.3, -0.25) is 15.2 Å². The fraction of sp³-hybridized carbons (Fsp3) is 0.462. The predicted molar refractivity (Wildman–Crippen MR) is 143 cm³/mol. The molecule has 2 aromatic carbocycles. The highest BCUT2D eigenvalue weighted by Gasteiger charge is 2.35. The van der Waals surface area contributed by atoms with E-state index in [0.717, 1.165) is 38.7 Å². The average Bonchev–Trinajstić information content (AvgIpc) is 2.86. The van der Waals surface area contributed by atoms with Gasteiger partial charge in [-0.1, -0.05) is 42.5 Å². The van der Waals surface area contributed by atoms with Gasteiger partial charge in [0, 0.05) is 49.9 Å². The zero-order chi connectivity index (χ0) is 25.7. The first-order valence-corrected chi connectivity index (χ1v) is 14.3. The van der Waals surface area contributed by atoms with E-state index in [4.69, 9.17) is 11.1 Å². The fourth-order valence-corrected chi connectivity index (χ4v) is 5.58. The summed E-state index contributed by atoms with van der Waals surface area (Å²) in [7, 11) is -3.34.